The van der Waals surface area contributed by atoms with Crippen molar-refractivity contribution in [2.24, 2.45) is 0 Å². The second-order valence-electron chi connectivity index (χ2n) is 8.98. The Labute approximate surface area is 203 Å². The molecule has 0 radical (unpaired) electrons. The van der Waals surface area contributed by atoms with Crippen LogP contribution >= 0.6 is 0 Å². The number of ether oxygens (including phenoxy) is 1. The zero-order chi connectivity index (χ0) is 25.8. The van der Waals surface area contributed by atoms with Crippen molar-refractivity contribution in [2.75, 3.05) is 32.6 Å². The number of allylic oxidation sites excluding steroid dienone is 1. The lowest BCUT2D eigenvalue weighted by Gasteiger charge is -2.36. The lowest BCUT2D eigenvalue weighted by Crippen LogP contribution is -2.53. The first-order valence-electron chi connectivity index (χ1n) is 11.2. The Morgan fingerprint density at radius 1 is 1.28 bits per heavy atom. The van der Waals surface area contributed by atoms with Crippen molar-refractivity contribution in [3.63, 3.8) is 0 Å². The van der Waals surface area contributed by atoms with E-state index in [1.54, 1.807) is 18.9 Å². The van der Waals surface area contributed by atoms with Crippen LogP contribution in [0.25, 0.3) is 22.4 Å². The van der Waals surface area contributed by atoms with Crippen LogP contribution in [0.5, 0.6) is 5.88 Å². The maximum absolute atomic E-state index is 15.2. The molecule has 1 N–H and O–H groups in total. The number of hydrogen-bond acceptors (Lipinski definition) is 7. The molecular formula is C23H24F4N8O. The number of methoxy groups -OCH3 is 1. The van der Waals surface area contributed by atoms with Gasteiger partial charge in [0.05, 0.1) is 43.3 Å². The summed E-state index contributed by atoms with van der Waals surface area (Å²) in [4.78, 5) is 14.1. The second kappa shape index (κ2) is 8.73. The van der Waals surface area contributed by atoms with Crippen molar-refractivity contribution in [3.8, 4) is 17.0 Å². The fourth-order valence-electron chi connectivity index (χ4n) is 4.40. The Bertz CT molecular complexity index is 1470. The van der Waals surface area contributed by atoms with E-state index in [0.29, 0.717) is 12.1 Å². The minimum absolute atomic E-state index is 0.0288. The monoisotopic (exact) mass is 504 g/mol. The van der Waals surface area contributed by atoms with Crippen molar-refractivity contribution < 1.29 is 22.3 Å². The average molecular weight is 504 g/mol. The normalized spacial score (nSPS) is 19.0. The molecule has 0 spiro atoms. The van der Waals surface area contributed by atoms with E-state index in [1.807, 2.05) is 0 Å². The standard InChI is InChI=1S/C23H24F4N8O/c1-12(2)18(25)15-8-29-22-28-7-13(9-34(15)22)17-14(24)10-35-19(17)20(36-4)31-21(32-35)30-16-5-6-33(3)11-23(16,26)27/h7-10,16,18H,1,5-6,11H2,2-4H3,(H,30,32)/t16-,18?/m1/s1. The third kappa shape index (κ3) is 4.02. The number of piperidine rings is 1. The van der Waals surface area contributed by atoms with Crippen LogP contribution in [-0.2, 0) is 0 Å². The van der Waals surface area contributed by atoms with Gasteiger partial charge < -0.3 is 15.0 Å². The van der Waals surface area contributed by atoms with Crippen LogP contribution in [0.1, 0.15) is 25.2 Å². The number of alkyl halides is 3. The van der Waals surface area contributed by atoms with Gasteiger partial charge in [-0.05, 0) is 26.0 Å². The highest BCUT2D eigenvalue weighted by Gasteiger charge is 2.44. The van der Waals surface area contributed by atoms with Gasteiger partial charge in [-0.3, -0.25) is 4.40 Å². The molecule has 0 aliphatic carbocycles. The molecular weight excluding hydrogens is 480 g/mol. The van der Waals surface area contributed by atoms with E-state index in [2.05, 4.69) is 31.9 Å². The SMILES string of the molecule is C=C(C)C(F)c1cnc2ncc(-c3c(F)cn4nc(N[C@@H]5CCN(C)CC5(F)F)nc(OC)c34)cn12. The number of nitrogens with zero attached hydrogens (tertiary/aromatic N) is 7. The van der Waals surface area contributed by atoms with Crippen LogP contribution in [0.4, 0.5) is 23.5 Å². The van der Waals surface area contributed by atoms with E-state index in [-0.39, 0.29) is 46.4 Å². The predicted molar refractivity (Wildman–Crippen MR) is 125 cm³/mol. The maximum Gasteiger partial charge on any atom is 0.280 e. The van der Waals surface area contributed by atoms with Crippen LogP contribution in [0.3, 0.4) is 0 Å². The zero-order valence-electron chi connectivity index (χ0n) is 19.8. The van der Waals surface area contributed by atoms with Gasteiger partial charge in [0.2, 0.25) is 17.6 Å². The van der Waals surface area contributed by atoms with Gasteiger partial charge >= 0.3 is 0 Å². The first-order valence-corrected chi connectivity index (χ1v) is 11.2. The van der Waals surface area contributed by atoms with Crippen LogP contribution in [0.2, 0.25) is 0 Å². The number of halogens is 4. The molecule has 0 saturated carbocycles. The molecule has 190 valence electrons. The largest absolute Gasteiger partial charge is 0.479 e. The Balaban J connectivity index is 1.58. The lowest BCUT2D eigenvalue weighted by atomic mass is 10.0. The molecule has 0 amide bonds. The van der Waals surface area contributed by atoms with Crippen LogP contribution in [0.15, 0.2) is 36.9 Å². The fourth-order valence-corrected chi connectivity index (χ4v) is 4.40. The maximum atomic E-state index is 15.2. The summed E-state index contributed by atoms with van der Waals surface area (Å²) < 4.78 is 67.0. The molecule has 4 aromatic heterocycles. The minimum Gasteiger partial charge on any atom is -0.479 e. The van der Waals surface area contributed by atoms with Crippen molar-refractivity contribution >= 4 is 17.2 Å². The second-order valence-corrected chi connectivity index (χ2v) is 8.98. The van der Waals surface area contributed by atoms with Crippen molar-refractivity contribution in [3.05, 3.63) is 48.5 Å². The third-order valence-corrected chi connectivity index (χ3v) is 6.21. The van der Waals surface area contributed by atoms with Gasteiger partial charge in [-0.2, -0.15) is 4.98 Å². The highest BCUT2D eigenvalue weighted by Crippen LogP contribution is 2.35. The van der Waals surface area contributed by atoms with Gasteiger partial charge in [-0.15, -0.1) is 5.10 Å². The Morgan fingerprint density at radius 3 is 2.72 bits per heavy atom. The molecule has 0 aromatic carbocycles. The summed E-state index contributed by atoms with van der Waals surface area (Å²) in [6.07, 6.45) is 4.03. The first-order chi connectivity index (χ1) is 17.1. The molecule has 1 unspecified atom stereocenters. The molecule has 36 heavy (non-hydrogen) atoms. The van der Waals surface area contributed by atoms with Crippen LogP contribution in [-0.4, -0.2) is 73.1 Å². The summed E-state index contributed by atoms with van der Waals surface area (Å²) in [6.45, 7) is 5.27. The van der Waals surface area contributed by atoms with Gasteiger partial charge in [0.15, 0.2) is 12.0 Å². The number of imidazole rings is 1. The molecule has 1 aliphatic rings. The fraction of sp³-hybridized carbons (Fsp3) is 0.391. The Hall–Kier alpha value is -3.74. The number of likely N-dealkylation sites (tertiary alicyclic amines) is 1. The molecule has 2 atom stereocenters. The summed E-state index contributed by atoms with van der Waals surface area (Å²) >= 11 is 0. The van der Waals surface area contributed by atoms with Gasteiger partial charge in [0, 0.05) is 24.5 Å². The molecule has 9 nitrogen and oxygen atoms in total. The smallest absolute Gasteiger partial charge is 0.280 e. The third-order valence-electron chi connectivity index (χ3n) is 6.21. The van der Waals surface area contributed by atoms with E-state index in [0.717, 1.165) is 6.20 Å². The number of fused-ring (bicyclic) bond motifs is 2. The Morgan fingerprint density at radius 2 is 2.03 bits per heavy atom. The highest BCUT2D eigenvalue weighted by atomic mass is 19.3. The van der Waals surface area contributed by atoms with Gasteiger partial charge in [0.1, 0.15) is 5.52 Å². The van der Waals surface area contributed by atoms with E-state index < -0.39 is 30.5 Å². The summed E-state index contributed by atoms with van der Waals surface area (Å²) in [6, 6.07) is -1.19. The van der Waals surface area contributed by atoms with E-state index >= 15 is 4.39 Å². The first kappa shape index (κ1) is 24.0. The summed E-state index contributed by atoms with van der Waals surface area (Å²) in [5.41, 5.74) is 0.996. The quantitative estimate of drug-likeness (QED) is 0.315. The van der Waals surface area contributed by atoms with Crippen molar-refractivity contribution in [2.45, 2.75) is 31.5 Å². The summed E-state index contributed by atoms with van der Waals surface area (Å²) in [5.74, 6) is -3.60. The van der Waals surface area contributed by atoms with Gasteiger partial charge in [-0.25, -0.2) is 32.0 Å². The zero-order valence-corrected chi connectivity index (χ0v) is 19.8. The molecule has 5 heterocycles. The van der Waals surface area contributed by atoms with E-state index in [9.17, 15) is 13.2 Å². The molecule has 0 bridgehead atoms. The molecule has 4 aromatic rings. The number of rotatable bonds is 6. The van der Waals surface area contributed by atoms with Crippen LogP contribution in [0, 0.1) is 5.82 Å². The predicted octanol–water partition coefficient (Wildman–Crippen LogP) is 3.92. The van der Waals surface area contributed by atoms with E-state index in [4.69, 9.17) is 4.74 Å². The summed E-state index contributed by atoms with van der Waals surface area (Å²) in [5, 5.41) is 6.89. The lowest BCUT2D eigenvalue weighted by molar-refractivity contribution is -0.0675. The van der Waals surface area contributed by atoms with Gasteiger partial charge in [-0.1, -0.05) is 6.58 Å². The molecule has 13 heteroatoms. The minimum atomic E-state index is -3.01. The molecule has 1 fully saturated rings. The number of hydrogen-bond donors (Lipinski definition) is 1. The number of aromatic nitrogens is 6. The van der Waals surface area contributed by atoms with Crippen molar-refractivity contribution in [1.29, 1.82) is 0 Å². The Kier molecular flexibility index (Phi) is 5.81. The number of nitrogens with one attached hydrogen (secondary N) is 1. The molecule has 5 rings (SSSR count). The molecule has 1 aliphatic heterocycles. The van der Waals surface area contributed by atoms with Crippen molar-refractivity contribution in [1.82, 2.24) is 33.9 Å². The highest BCUT2D eigenvalue weighted by molar-refractivity contribution is 5.84. The topological polar surface area (TPSA) is 84.9 Å². The summed E-state index contributed by atoms with van der Waals surface area (Å²) in [7, 11) is 2.96. The van der Waals surface area contributed by atoms with E-state index in [1.165, 1.54) is 34.6 Å². The average Bonchev–Trinajstić information content (AvgIpc) is 3.39. The van der Waals surface area contributed by atoms with Crippen LogP contribution < -0.4 is 10.1 Å². The number of anilines is 1. The molecule has 1 saturated heterocycles. The van der Waals surface area contributed by atoms with Gasteiger partial charge in [0.25, 0.3) is 5.92 Å².